The van der Waals surface area contributed by atoms with Gasteiger partial charge in [0, 0.05) is 11.8 Å². The number of rotatable bonds is 7. The maximum absolute atomic E-state index is 10.2. The van der Waals surface area contributed by atoms with E-state index in [4.69, 9.17) is 9.72 Å². The van der Waals surface area contributed by atoms with Gasteiger partial charge in [0.25, 0.3) is 0 Å². The summed E-state index contributed by atoms with van der Waals surface area (Å²) in [6.45, 7) is 7.13. The molecule has 4 aromatic rings. The van der Waals surface area contributed by atoms with E-state index in [1.54, 1.807) is 17.5 Å². The number of fused-ring (bicyclic) bond motifs is 2. The number of pyridine rings is 1. The van der Waals surface area contributed by atoms with Crippen LogP contribution in [0.15, 0.2) is 43.4 Å². The Morgan fingerprint density at radius 2 is 2.12 bits per heavy atom. The molecule has 0 amide bonds. The van der Waals surface area contributed by atoms with Crippen molar-refractivity contribution in [2.45, 2.75) is 51.3 Å². The number of nitrogens with zero attached hydrogens (tertiary/aromatic N) is 4. The molecule has 1 fully saturated rings. The van der Waals surface area contributed by atoms with E-state index < -0.39 is 0 Å². The van der Waals surface area contributed by atoms with Gasteiger partial charge in [-0.25, -0.2) is 15.0 Å². The molecule has 2 atom stereocenters. The van der Waals surface area contributed by atoms with Crippen LogP contribution in [0.2, 0.25) is 0 Å². The summed E-state index contributed by atoms with van der Waals surface area (Å²) >= 11 is 1.64. The van der Waals surface area contributed by atoms with Crippen molar-refractivity contribution in [3.05, 3.63) is 54.5 Å². The Morgan fingerprint density at radius 3 is 2.97 bits per heavy atom. The van der Waals surface area contributed by atoms with Crippen LogP contribution in [0.1, 0.15) is 43.7 Å². The van der Waals surface area contributed by atoms with Gasteiger partial charge >= 0.3 is 0 Å². The lowest BCUT2D eigenvalue weighted by Crippen LogP contribution is -2.36. The largest absolute Gasteiger partial charge is 0.494 e. The van der Waals surface area contributed by atoms with Crippen molar-refractivity contribution in [2.24, 2.45) is 0 Å². The number of aromatic nitrogens is 4. The number of aliphatic hydroxyl groups is 1. The van der Waals surface area contributed by atoms with Crippen LogP contribution in [0.3, 0.4) is 0 Å². The average molecular weight is 450 g/mol. The van der Waals surface area contributed by atoms with E-state index >= 15 is 0 Å². The van der Waals surface area contributed by atoms with Crippen molar-refractivity contribution in [3.63, 3.8) is 0 Å². The van der Waals surface area contributed by atoms with Crippen molar-refractivity contribution < 1.29 is 9.84 Å². The van der Waals surface area contributed by atoms with Gasteiger partial charge < -0.3 is 19.7 Å². The molecule has 0 saturated heterocycles. The third kappa shape index (κ3) is 4.20. The summed E-state index contributed by atoms with van der Waals surface area (Å²) in [5.74, 6) is 0.609. The number of ether oxygens (including phenoxy) is 1. The SMILES string of the molecule is C=C(OCC)c1cnc2c(c1)ncn2Cc1ccc2nc(N[C@@H]3CCCC[C@H]3O)sc2c1. The maximum Gasteiger partial charge on any atom is 0.184 e. The molecule has 7 nitrogen and oxygen atoms in total. The summed E-state index contributed by atoms with van der Waals surface area (Å²) in [7, 11) is 0. The third-order valence-electron chi connectivity index (χ3n) is 5.94. The van der Waals surface area contributed by atoms with E-state index in [-0.39, 0.29) is 12.1 Å². The van der Waals surface area contributed by atoms with Crippen molar-refractivity contribution >= 4 is 43.6 Å². The number of nitrogens with one attached hydrogen (secondary N) is 1. The zero-order valence-electron chi connectivity index (χ0n) is 18.1. The van der Waals surface area contributed by atoms with Gasteiger partial charge in [0.2, 0.25) is 0 Å². The number of benzene rings is 1. The number of hydrogen-bond acceptors (Lipinski definition) is 7. The lowest BCUT2D eigenvalue weighted by Gasteiger charge is -2.27. The Labute approximate surface area is 190 Å². The van der Waals surface area contributed by atoms with Gasteiger partial charge in [0.1, 0.15) is 11.3 Å². The molecule has 0 radical (unpaired) electrons. The fourth-order valence-electron chi connectivity index (χ4n) is 4.24. The van der Waals surface area contributed by atoms with Gasteiger partial charge in [0.15, 0.2) is 10.8 Å². The molecule has 8 heteroatoms. The second-order valence-electron chi connectivity index (χ2n) is 8.22. The van der Waals surface area contributed by atoms with E-state index in [0.29, 0.717) is 18.9 Å². The van der Waals surface area contributed by atoms with Crippen molar-refractivity contribution in [1.29, 1.82) is 0 Å². The first-order valence-corrected chi connectivity index (χ1v) is 11.9. The molecule has 166 valence electrons. The molecule has 0 bridgehead atoms. The number of imidazole rings is 1. The Balaban J connectivity index is 1.35. The molecule has 1 aromatic carbocycles. The molecular weight excluding hydrogens is 422 g/mol. The van der Waals surface area contributed by atoms with Crippen molar-refractivity contribution in [1.82, 2.24) is 19.5 Å². The van der Waals surface area contributed by atoms with E-state index in [1.165, 1.54) is 0 Å². The van der Waals surface area contributed by atoms with Crippen LogP contribution < -0.4 is 5.32 Å². The normalized spacial score (nSPS) is 18.8. The molecule has 0 unspecified atom stereocenters. The minimum atomic E-state index is -0.292. The Hall–Kier alpha value is -2.97. The smallest absolute Gasteiger partial charge is 0.184 e. The highest BCUT2D eigenvalue weighted by molar-refractivity contribution is 7.22. The lowest BCUT2D eigenvalue weighted by atomic mass is 9.93. The average Bonchev–Trinajstić information content (AvgIpc) is 3.38. The highest BCUT2D eigenvalue weighted by Gasteiger charge is 2.23. The Kier molecular flexibility index (Phi) is 5.80. The van der Waals surface area contributed by atoms with Crippen molar-refractivity contribution in [3.8, 4) is 0 Å². The van der Waals surface area contributed by atoms with Gasteiger partial charge in [-0.3, -0.25) is 0 Å². The third-order valence-corrected chi connectivity index (χ3v) is 6.89. The maximum atomic E-state index is 10.2. The second kappa shape index (κ2) is 8.88. The molecule has 1 aliphatic carbocycles. The van der Waals surface area contributed by atoms with Crippen LogP contribution in [-0.4, -0.2) is 43.4 Å². The summed E-state index contributed by atoms with van der Waals surface area (Å²) < 4.78 is 8.65. The van der Waals surface area contributed by atoms with Gasteiger partial charge in [0.05, 0.1) is 41.8 Å². The topological polar surface area (TPSA) is 85.1 Å². The van der Waals surface area contributed by atoms with Crippen LogP contribution in [0.5, 0.6) is 0 Å². The van der Waals surface area contributed by atoms with E-state index in [9.17, 15) is 5.11 Å². The van der Waals surface area contributed by atoms with Gasteiger partial charge in [-0.2, -0.15) is 0 Å². The fraction of sp³-hybridized carbons (Fsp3) is 0.375. The Morgan fingerprint density at radius 1 is 1.25 bits per heavy atom. The first-order valence-electron chi connectivity index (χ1n) is 11.1. The standard InChI is InChI=1S/C24H27N5O2S/c1-3-31-15(2)17-11-20-23(25-12-17)29(14-26-20)13-16-8-9-19-22(10-16)32-24(28-19)27-18-6-4-5-7-21(18)30/h8-12,14,18,21,30H,2-7,13H2,1H3,(H,27,28)/t18-,21-/m1/s1. The highest BCUT2D eigenvalue weighted by atomic mass is 32.1. The molecule has 1 aliphatic rings. The molecule has 5 rings (SSSR count). The number of aliphatic hydroxyl groups excluding tert-OH is 1. The van der Waals surface area contributed by atoms with Crippen LogP contribution in [0, 0.1) is 0 Å². The summed E-state index contributed by atoms with van der Waals surface area (Å²) in [6, 6.07) is 8.38. The first-order chi connectivity index (χ1) is 15.6. The number of anilines is 1. The Bertz CT molecular complexity index is 1260. The highest BCUT2D eigenvalue weighted by Crippen LogP contribution is 2.30. The molecule has 3 aromatic heterocycles. The number of thiazole rings is 1. The summed E-state index contributed by atoms with van der Waals surface area (Å²) in [5.41, 5.74) is 4.63. The molecule has 2 N–H and O–H groups in total. The van der Waals surface area contributed by atoms with Crippen molar-refractivity contribution in [2.75, 3.05) is 11.9 Å². The van der Waals surface area contributed by atoms with Gasteiger partial charge in [-0.15, -0.1) is 0 Å². The van der Waals surface area contributed by atoms with Crippen LogP contribution in [0.25, 0.3) is 27.1 Å². The molecule has 0 spiro atoms. The summed E-state index contributed by atoms with van der Waals surface area (Å²) in [5, 5.41) is 14.6. The van der Waals surface area contributed by atoms with Crippen LogP contribution in [0.4, 0.5) is 5.13 Å². The number of hydrogen-bond donors (Lipinski definition) is 2. The van der Waals surface area contributed by atoms with Gasteiger partial charge in [-0.05, 0) is 43.5 Å². The van der Waals surface area contributed by atoms with E-state index in [1.807, 2.05) is 23.9 Å². The summed E-state index contributed by atoms with van der Waals surface area (Å²) in [4.78, 5) is 13.8. The first kappa shape index (κ1) is 20.9. The second-order valence-corrected chi connectivity index (χ2v) is 9.25. The van der Waals surface area contributed by atoms with E-state index in [2.05, 4.69) is 40.1 Å². The van der Waals surface area contributed by atoms with Crippen LogP contribution in [-0.2, 0) is 11.3 Å². The molecule has 0 aliphatic heterocycles. The monoisotopic (exact) mass is 449 g/mol. The predicted octanol–water partition coefficient (Wildman–Crippen LogP) is 4.81. The van der Waals surface area contributed by atoms with Gasteiger partial charge in [-0.1, -0.05) is 36.8 Å². The van der Waals surface area contributed by atoms with Crippen LogP contribution >= 0.6 is 11.3 Å². The quantitative estimate of drug-likeness (QED) is 0.394. The molecule has 32 heavy (non-hydrogen) atoms. The minimum Gasteiger partial charge on any atom is -0.494 e. The zero-order chi connectivity index (χ0) is 22.1. The lowest BCUT2D eigenvalue weighted by molar-refractivity contribution is 0.116. The molecule has 1 saturated carbocycles. The van der Waals surface area contributed by atoms with E-state index in [0.717, 1.165) is 63.3 Å². The molecule has 3 heterocycles. The molecular formula is C24H27N5O2S. The fourth-order valence-corrected chi connectivity index (χ4v) is 5.23. The summed E-state index contributed by atoms with van der Waals surface area (Å²) in [6.07, 6.45) is 7.41. The predicted molar refractivity (Wildman–Crippen MR) is 129 cm³/mol. The zero-order valence-corrected chi connectivity index (χ0v) is 18.9. The minimum absolute atomic E-state index is 0.0934.